The van der Waals surface area contributed by atoms with Crippen molar-refractivity contribution in [3.63, 3.8) is 0 Å². The minimum absolute atomic E-state index is 0.0662. The van der Waals surface area contributed by atoms with Gasteiger partial charge in [0.1, 0.15) is 0 Å². The van der Waals surface area contributed by atoms with Gasteiger partial charge in [-0.25, -0.2) is 8.78 Å². The summed E-state index contributed by atoms with van der Waals surface area (Å²) in [6.07, 6.45) is 4.88. The number of rotatable bonds is 5. The van der Waals surface area contributed by atoms with E-state index in [0.29, 0.717) is 12.0 Å². The van der Waals surface area contributed by atoms with Gasteiger partial charge in [0, 0.05) is 12.5 Å². The van der Waals surface area contributed by atoms with Crippen LogP contribution in [0.2, 0.25) is 0 Å². The van der Waals surface area contributed by atoms with Crippen molar-refractivity contribution >= 4 is 0 Å². The summed E-state index contributed by atoms with van der Waals surface area (Å²) in [6.45, 7) is 9.82. The molecule has 0 saturated carbocycles. The third-order valence-corrected chi connectivity index (χ3v) is 5.64. The van der Waals surface area contributed by atoms with Crippen LogP contribution in [0.4, 0.5) is 8.78 Å². The Morgan fingerprint density at radius 2 is 1.86 bits per heavy atom. The maximum Gasteiger partial charge on any atom is 0.260 e. The van der Waals surface area contributed by atoms with E-state index in [1.807, 2.05) is 0 Å². The Bertz CT molecular complexity index is 314. The number of nitrogens with one attached hydrogen (secondary N) is 1. The molecule has 0 radical (unpaired) electrons. The molecule has 0 spiro atoms. The highest BCUT2D eigenvalue weighted by atomic mass is 19.3. The Kier molecular flexibility index (Phi) is 6.01. The van der Waals surface area contributed by atoms with E-state index in [0.717, 1.165) is 25.3 Å². The van der Waals surface area contributed by atoms with Crippen LogP contribution in [0.3, 0.4) is 0 Å². The number of hydrogen-bond donors (Lipinski definition) is 1. The van der Waals surface area contributed by atoms with Gasteiger partial charge in [-0.3, -0.25) is 0 Å². The van der Waals surface area contributed by atoms with Crippen molar-refractivity contribution in [2.75, 3.05) is 26.2 Å². The molecule has 2 saturated heterocycles. The van der Waals surface area contributed by atoms with Gasteiger partial charge in [0.15, 0.2) is 0 Å². The lowest BCUT2D eigenvalue weighted by Crippen LogP contribution is -2.46. The maximum absolute atomic E-state index is 13.5. The standard InChI is InChI=1S/C17H32F2N2/c1-13-6-8-21(9-7-13)15(3)5-4-14(2)16-10-17(18,19)12-20-11-16/h13-16,20H,4-12H2,1-3H3. The lowest BCUT2D eigenvalue weighted by atomic mass is 9.82. The molecular weight excluding hydrogens is 270 g/mol. The molecule has 3 atom stereocenters. The molecule has 2 nitrogen and oxygen atoms in total. The molecule has 2 fully saturated rings. The summed E-state index contributed by atoms with van der Waals surface area (Å²) in [5, 5.41) is 2.90. The molecule has 2 aliphatic heterocycles. The van der Waals surface area contributed by atoms with Crippen LogP contribution < -0.4 is 5.32 Å². The van der Waals surface area contributed by atoms with E-state index < -0.39 is 5.92 Å². The number of nitrogens with zero attached hydrogens (tertiary/aromatic N) is 1. The molecule has 0 bridgehead atoms. The predicted octanol–water partition coefficient (Wildman–Crippen LogP) is 3.77. The van der Waals surface area contributed by atoms with E-state index in [9.17, 15) is 8.78 Å². The second-order valence-electron chi connectivity index (χ2n) is 7.57. The van der Waals surface area contributed by atoms with E-state index in [1.54, 1.807) is 0 Å². The molecule has 2 aliphatic rings. The van der Waals surface area contributed by atoms with E-state index in [1.165, 1.54) is 25.9 Å². The maximum atomic E-state index is 13.5. The number of halogens is 2. The molecule has 2 rings (SSSR count). The monoisotopic (exact) mass is 302 g/mol. The van der Waals surface area contributed by atoms with Crippen molar-refractivity contribution in [1.82, 2.24) is 10.2 Å². The van der Waals surface area contributed by atoms with Gasteiger partial charge < -0.3 is 10.2 Å². The molecule has 4 heteroatoms. The van der Waals surface area contributed by atoms with Gasteiger partial charge in [0.05, 0.1) is 6.54 Å². The van der Waals surface area contributed by atoms with Crippen molar-refractivity contribution in [3.8, 4) is 0 Å². The van der Waals surface area contributed by atoms with Crippen LogP contribution in [0, 0.1) is 17.8 Å². The highest BCUT2D eigenvalue weighted by Gasteiger charge is 2.38. The zero-order chi connectivity index (χ0) is 15.5. The zero-order valence-electron chi connectivity index (χ0n) is 13.9. The van der Waals surface area contributed by atoms with Crippen LogP contribution in [0.5, 0.6) is 0 Å². The van der Waals surface area contributed by atoms with Crippen molar-refractivity contribution in [2.24, 2.45) is 17.8 Å². The normalized spacial score (nSPS) is 31.0. The van der Waals surface area contributed by atoms with Crippen LogP contribution in [-0.4, -0.2) is 43.0 Å². The summed E-state index contributed by atoms with van der Waals surface area (Å²) in [4.78, 5) is 2.58. The largest absolute Gasteiger partial charge is 0.311 e. The molecule has 2 heterocycles. The average Bonchev–Trinajstić information content (AvgIpc) is 2.44. The van der Waals surface area contributed by atoms with Crippen molar-refractivity contribution in [3.05, 3.63) is 0 Å². The third kappa shape index (κ3) is 5.17. The number of alkyl halides is 2. The first-order valence-electron chi connectivity index (χ1n) is 8.70. The first-order chi connectivity index (χ1) is 9.87. The van der Waals surface area contributed by atoms with Crippen LogP contribution in [0.1, 0.15) is 52.9 Å². The van der Waals surface area contributed by atoms with E-state index >= 15 is 0 Å². The average molecular weight is 302 g/mol. The molecule has 3 unspecified atom stereocenters. The Morgan fingerprint density at radius 3 is 2.48 bits per heavy atom. The lowest BCUT2D eigenvalue weighted by molar-refractivity contribution is -0.0486. The molecule has 0 aliphatic carbocycles. The molecule has 0 aromatic carbocycles. The van der Waals surface area contributed by atoms with Gasteiger partial charge in [0.2, 0.25) is 0 Å². The molecule has 124 valence electrons. The zero-order valence-corrected chi connectivity index (χ0v) is 13.9. The second-order valence-corrected chi connectivity index (χ2v) is 7.57. The van der Waals surface area contributed by atoms with Gasteiger partial charge in [-0.2, -0.15) is 0 Å². The Labute approximate surface area is 128 Å². The fourth-order valence-electron chi connectivity index (χ4n) is 3.76. The number of piperidine rings is 2. The fourth-order valence-corrected chi connectivity index (χ4v) is 3.76. The smallest absolute Gasteiger partial charge is 0.260 e. The van der Waals surface area contributed by atoms with Gasteiger partial charge in [0.25, 0.3) is 5.92 Å². The summed E-state index contributed by atoms with van der Waals surface area (Å²) < 4.78 is 26.9. The highest BCUT2D eigenvalue weighted by Crippen LogP contribution is 2.33. The van der Waals surface area contributed by atoms with Crippen LogP contribution in [-0.2, 0) is 0 Å². The number of hydrogen-bond acceptors (Lipinski definition) is 2. The summed E-state index contributed by atoms with van der Waals surface area (Å²) in [5.41, 5.74) is 0. The van der Waals surface area contributed by atoms with E-state index in [4.69, 9.17) is 0 Å². The molecular formula is C17H32F2N2. The molecule has 0 aromatic heterocycles. The first kappa shape index (κ1) is 17.1. The summed E-state index contributed by atoms with van der Waals surface area (Å²) in [6, 6.07) is 0.594. The van der Waals surface area contributed by atoms with Crippen LogP contribution in [0.25, 0.3) is 0 Å². The van der Waals surface area contributed by atoms with Gasteiger partial charge >= 0.3 is 0 Å². The SMILES string of the molecule is CC1CCN(C(C)CCC(C)C2CNCC(F)(F)C2)CC1. The molecule has 21 heavy (non-hydrogen) atoms. The van der Waals surface area contributed by atoms with Crippen LogP contribution >= 0.6 is 0 Å². The Balaban J connectivity index is 1.71. The quantitative estimate of drug-likeness (QED) is 0.831. The highest BCUT2D eigenvalue weighted by molar-refractivity contribution is 4.85. The van der Waals surface area contributed by atoms with Crippen molar-refractivity contribution in [1.29, 1.82) is 0 Å². The Hall–Kier alpha value is -0.220. The summed E-state index contributed by atoms with van der Waals surface area (Å²) in [7, 11) is 0. The minimum Gasteiger partial charge on any atom is -0.311 e. The second kappa shape index (κ2) is 7.36. The van der Waals surface area contributed by atoms with Crippen LogP contribution in [0.15, 0.2) is 0 Å². The van der Waals surface area contributed by atoms with Crippen molar-refractivity contribution < 1.29 is 8.78 Å². The molecule has 0 aromatic rings. The first-order valence-corrected chi connectivity index (χ1v) is 8.70. The van der Waals surface area contributed by atoms with Gasteiger partial charge in [-0.05, 0) is 70.0 Å². The van der Waals surface area contributed by atoms with Gasteiger partial charge in [-0.15, -0.1) is 0 Å². The third-order valence-electron chi connectivity index (χ3n) is 5.64. The van der Waals surface area contributed by atoms with E-state index in [-0.39, 0.29) is 18.9 Å². The molecule has 0 amide bonds. The fraction of sp³-hybridized carbons (Fsp3) is 1.00. The van der Waals surface area contributed by atoms with Crippen molar-refractivity contribution in [2.45, 2.75) is 64.8 Å². The lowest BCUT2D eigenvalue weighted by Gasteiger charge is -2.37. The molecule has 1 N–H and O–H groups in total. The Morgan fingerprint density at radius 1 is 1.19 bits per heavy atom. The summed E-state index contributed by atoms with van der Waals surface area (Å²) >= 11 is 0. The topological polar surface area (TPSA) is 15.3 Å². The summed E-state index contributed by atoms with van der Waals surface area (Å²) in [5.74, 6) is -1.13. The van der Waals surface area contributed by atoms with E-state index in [2.05, 4.69) is 31.0 Å². The number of likely N-dealkylation sites (tertiary alicyclic amines) is 1. The van der Waals surface area contributed by atoms with Gasteiger partial charge in [-0.1, -0.05) is 13.8 Å². The predicted molar refractivity (Wildman–Crippen MR) is 83.8 cm³/mol. The minimum atomic E-state index is -2.51.